The van der Waals surface area contributed by atoms with E-state index < -0.39 is 6.10 Å². The van der Waals surface area contributed by atoms with Crippen molar-refractivity contribution in [2.24, 2.45) is 0 Å². The molecule has 1 atom stereocenters. The predicted molar refractivity (Wildman–Crippen MR) is 130 cm³/mol. The zero-order valence-electron chi connectivity index (χ0n) is 18.8. The molecule has 0 aliphatic carbocycles. The fraction of sp³-hybridized carbons (Fsp3) is 0.455. The van der Waals surface area contributed by atoms with Gasteiger partial charge in [0.25, 0.3) is 0 Å². The summed E-state index contributed by atoms with van der Waals surface area (Å²) < 4.78 is 0. The average Bonchev–Trinajstić information content (AvgIpc) is 3.40. The normalized spacial score (nSPS) is 17.9. The molecule has 5 N–H and O–H groups in total. The number of unbranched alkanes of at least 4 members (excludes halogenated alkanes) is 1. The van der Waals surface area contributed by atoms with E-state index in [0.29, 0.717) is 52.6 Å². The van der Waals surface area contributed by atoms with Crippen molar-refractivity contribution in [1.29, 1.82) is 5.26 Å². The predicted octanol–water partition coefficient (Wildman–Crippen LogP) is 2.04. The van der Waals surface area contributed by atoms with Gasteiger partial charge in [-0.3, -0.25) is 4.79 Å². The molecule has 1 saturated heterocycles. The lowest BCUT2D eigenvalue weighted by Crippen LogP contribution is -2.39. The van der Waals surface area contributed by atoms with Crippen molar-refractivity contribution in [3.63, 3.8) is 0 Å². The summed E-state index contributed by atoms with van der Waals surface area (Å²) in [6.45, 7) is 3.10. The molecule has 1 amide bonds. The Labute approximate surface area is 200 Å². The molecule has 11 nitrogen and oxygen atoms in total. The van der Waals surface area contributed by atoms with Crippen molar-refractivity contribution in [2.45, 2.75) is 51.6 Å². The first-order chi connectivity index (χ1) is 16.4. The highest BCUT2D eigenvalue weighted by Crippen LogP contribution is 2.44. The Morgan fingerprint density at radius 2 is 1.97 bits per heavy atom. The van der Waals surface area contributed by atoms with E-state index in [1.54, 1.807) is 0 Å². The van der Waals surface area contributed by atoms with E-state index in [1.165, 1.54) is 16.2 Å². The Morgan fingerprint density at radius 1 is 1.21 bits per heavy atom. The summed E-state index contributed by atoms with van der Waals surface area (Å²) >= 11 is 1.35. The number of pyridine rings is 2. The standard InChI is InChI=1S/C22H25N9O2S/c1-2-3-6-14-28-29-22(34-14)31-15(33)8-12-16-13(9-23)20(30-7-4-5-11(32)10-30)26-18(24)17(16)19(25)27-21(12)31/h11,32H,2-8,10H2,1H3,(H2,24,26)(H2,25,27). The SMILES string of the molecule is CCCCc1nnc(N2C(=O)Cc3c2nc(N)c2c(N)nc(N4CCCC(O)C4)c(C#N)c32)s1. The smallest absolute Gasteiger partial charge is 0.239 e. The molecule has 0 bridgehead atoms. The van der Waals surface area contributed by atoms with Crippen molar-refractivity contribution in [1.82, 2.24) is 20.2 Å². The van der Waals surface area contributed by atoms with Gasteiger partial charge in [-0.2, -0.15) is 5.26 Å². The second-order valence-corrected chi connectivity index (χ2v) is 9.63. The van der Waals surface area contributed by atoms with Crippen LogP contribution in [0.4, 0.5) is 28.4 Å². The van der Waals surface area contributed by atoms with Crippen LogP contribution in [0.2, 0.25) is 0 Å². The van der Waals surface area contributed by atoms with Gasteiger partial charge >= 0.3 is 0 Å². The second-order valence-electron chi connectivity index (χ2n) is 8.59. The number of nitrogens with zero attached hydrogens (tertiary/aromatic N) is 7. The summed E-state index contributed by atoms with van der Waals surface area (Å²) in [4.78, 5) is 25.4. The number of nitriles is 1. The summed E-state index contributed by atoms with van der Waals surface area (Å²) in [5, 5.41) is 30.9. The van der Waals surface area contributed by atoms with E-state index in [-0.39, 0.29) is 29.5 Å². The van der Waals surface area contributed by atoms with Crippen LogP contribution in [0, 0.1) is 11.3 Å². The van der Waals surface area contributed by atoms with E-state index in [1.807, 2.05) is 4.90 Å². The van der Waals surface area contributed by atoms with E-state index >= 15 is 0 Å². The molecule has 0 spiro atoms. The number of carbonyl (C=O) groups is 1. The van der Waals surface area contributed by atoms with Crippen LogP contribution >= 0.6 is 11.3 Å². The first-order valence-electron chi connectivity index (χ1n) is 11.3. The largest absolute Gasteiger partial charge is 0.391 e. The van der Waals surface area contributed by atoms with Crippen molar-refractivity contribution in [3.8, 4) is 6.07 Å². The minimum atomic E-state index is -0.511. The summed E-state index contributed by atoms with van der Waals surface area (Å²) in [6.07, 6.45) is 3.80. The molecule has 1 fully saturated rings. The molecular formula is C22H25N9O2S. The van der Waals surface area contributed by atoms with Gasteiger partial charge in [0.2, 0.25) is 11.0 Å². The number of rotatable bonds is 5. The Kier molecular flexibility index (Phi) is 5.66. The zero-order chi connectivity index (χ0) is 24.0. The quantitative estimate of drug-likeness (QED) is 0.492. The van der Waals surface area contributed by atoms with Gasteiger partial charge < -0.3 is 21.5 Å². The fourth-order valence-corrected chi connectivity index (χ4v) is 5.55. The van der Waals surface area contributed by atoms with Crippen LogP contribution in [0.3, 0.4) is 0 Å². The average molecular weight is 480 g/mol. The number of fused-ring (bicyclic) bond motifs is 3. The number of carbonyl (C=O) groups excluding carboxylic acids is 1. The lowest BCUT2D eigenvalue weighted by molar-refractivity contribution is -0.116. The molecule has 0 radical (unpaired) electrons. The Hall–Kier alpha value is -3.56. The maximum absolute atomic E-state index is 13.1. The van der Waals surface area contributed by atoms with E-state index in [0.717, 1.165) is 30.7 Å². The molecule has 0 aromatic carbocycles. The summed E-state index contributed by atoms with van der Waals surface area (Å²) in [7, 11) is 0. The number of amides is 1. The van der Waals surface area contributed by atoms with Gasteiger partial charge in [0.1, 0.15) is 39.9 Å². The molecule has 0 saturated carbocycles. The lowest BCUT2D eigenvalue weighted by atomic mass is 9.99. The number of piperidine rings is 1. The van der Waals surface area contributed by atoms with Crippen molar-refractivity contribution >= 4 is 56.4 Å². The minimum absolute atomic E-state index is 0.0309. The zero-order valence-corrected chi connectivity index (χ0v) is 19.6. The molecule has 1 unspecified atom stereocenters. The molecule has 176 valence electrons. The topological polar surface area (TPSA) is 171 Å². The van der Waals surface area contributed by atoms with Crippen molar-refractivity contribution in [2.75, 3.05) is 34.4 Å². The van der Waals surface area contributed by atoms with Crippen LogP contribution < -0.4 is 21.3 Å². The van der Waals surface area contributed by atoms with Gasteiger partial charge in [0.15, 0.2) is 0 Å². The van der Waals surface area contributed by atoms with Crippen LogP contribution in [-0.4, -0.2) is 50.4 Å². The third kappa shape index (κ3) is 3.57. The number of aromatic nitrogens is 4. The monoisotopic (exact) mass is 479 g/mol. The Morgan fingerprint density at radius 3 is 2.68 bits per heavy atom. The number of nitrogen functional groups attached to an aromatic ring is 2. The number of aliphatic hydroxyl groups excluding tert-OH is 1. The highest BCUT2D eigenvalue weighted by molar-refractivity contribution is 7.15. The van der Waals surface area contributed by atoms with Crippen molar-refractivity contribution < 1.29 is 9.90 Å². The highest BCUT2D eigenvalue weighted by atomic mass is 32.1. The van der Waals surface area contributed by atoms with Gasteiger partial charge in [0, 0.05) is 30.5 Å². The number of hydrogen-bond acceptors (Lipinski definition) is 11. The van der Waals surface area contributed by atoms with Gasteiger partial charge in [-0.05, 0) is 19.3 Å². The second kappa shape index (κ2) is 8.66. The molecule has 3 aromatic rings. The van der Waals surface area contributed by atoms with E-state index in [9.17, 15) is 15.2 Å². The maximum atomic E-state index is 13.1. The highest BCUT2D eigenvalue weighted by Gasteiger charge is 2.37. The molecule has 2 aliphatic rings. The number of anilines is 5. The number of hydrogen-bond donors (Lipinski definition) is 3. The molecular weight excluding hydrogens is 454 g/mol. The number of β-amino-alcohol motifs (C(OH)–C–C–N with tert-alkyl or cyclic N) is 1. The minimum Gasteiger partial charge on any atom is -0.391 e. The van der Waals surface area contributed by atoms with E-state index in [4.69, 9.17) is 11.5 Å². The number of aliphatic hydroxyl groups is 1. The first-order valence-corrected chi connectivity index (χ1v) is 12.1. The molecule has 12 heteroatoms. The molecule has 2 aliphatic heterocycles. The third-order valence-corrected chi connectivity index (χ3v) is 7.22. The van der Waals surface area contributed by atoms with Crippen LogP contribution in [0.15, 0.2) is 0 Å². The molecule has 3 aromatic heterocycles. The summed E-state index contributed by atoms with van der Waals surface area (Å²) in [5.74, 6) is 0.751. The number of aryl methyl sites for hydroxylation is 1. The van der Waals surface area contributed by atoms with Crippen LogP contribution in [0.25, 0.3) is 10.8 Å². The molecule has 34 heavy (non-hydrogen) atoms. The van der Waals surface area contributed by atoms with E-state index in [2.05, 4.69) is 33.2 Å². The van der Waals surface area contributed by atoms with Crippen LogP contribution in [0.5, 0.6) is 0 Å². The van der Waals surface area contributed by atoms with Crippen LogP contribution in [0.1, 0.15) is 48.7 Å². The molecule has 5 rings (SSSR count). The summed E-state index contributed by atoms with van der Waals surface area (Å²) in [5.41, 5.74) is 13.4. The van der Waals surface area contributed by atoms with Gasteiger partial charge in [-0.15, -0.1) is 10.2 Å². The lowest BCUT2D eigenvalue weighted by Gasteiger charge is -2.32. The fourth-order valence-electron chi connectivity index (χ4n) is 4.65. The van der Waals surface area contributed by atoms with Gasteiger partial charge in [-0.25, -0.2) is 14.9 Å². The van der Waals surface area contributed by atoms with Crippen molar-refractivity contribution in [3.05, 3.63) is 16.1 Å². The Bertz CT molecular complexity index is 1330. The van der Waals surface area contributed by atoms with Gasteiger partial charge in [-0.1, -0.05) is 24.7 Å². The van der Waals surface area contributed by atoms with Crippen LogP contribution in [-0.2, 0) is 17.6 Å². The third-order valence-electron chi connectivity index (χ3n) is 6.25. The maximum Gasteiger partial charge on any atom is 0.239 e. The number of nitrogens with two attached hydrogens (primary N) is 2. The summed E-state index contributed by atoms with van der Waals surface area (Å²) in [6, 6.07) is 2.25. The Balaban J connectivity index is 1.68. The molecule has 5 heterocycles. The first kappa shape index (κ1) is 22.2. The van der Waals surface area contributed by atoms with Gasteiger partial charge in [0.05, 0.1) is 17.9 Å².